The summed E-state index contributed by atoms with van der Waals surface area (Å²) in [5.74, 6) is 0.206. The van der Waals surface area contributed by atoms with Crippen LogP contribution in [0.4, 0.5) is 0 Å². The number of carbonyl (C=O) groups excluding carboxylic acids is 1. The minimum atomic E-state index is 0.117. The van der Waals surface area contributed by atoms with E-state index in [-0.39, 0.29) is 18.1 Å². The molecule has 0 bridgehead atoms. The number of carbonyl (C=O) groups is 1. The largest absolute Gasteiger partial charge is 0.372 e. The molecule has 1 aliphatic rings. The smallest absolute Gasteiger partial charge is 0.223 e. The number of nitrogens with zero attached hydrogens (tertiary/aromatic N) is 3. The molecule has 122 valence electrons. The van der Waals surface area contributed by atoms with E-state index in [4.69, 9.17) is 4.74 Å². The van der Waals surface area contributed by atoms with E-state index >= 15 is 0 Å². The predicted molar refractivity (Wildman–Crippen MR) is 86.8 cm³/mol. The lowest BCUT2D eigenvalue weighted by molar-refractivity contribution is -0.143. The first-order valence-corrected chi connectivity index (χ1v) is 7.99. The molecule has 1 amide bonds. The number of hydrogen-bond donors (Lipinski definition) is 0. The van der Waals surface area contributed by atoms with E-state index in [1.807, 2.05) is 36.4 Å². The molecule has 0 radical (unpaired) electrons. The summed E-state index contributed by atoms with van der Waals surface area (Å²) < 4.78 is 7.63. The van der Waals surface area contributed by atoms with Gasteiger partial charge in [0, 0.05) is 25.2 Å². The van der Waals surface area contributed by atoms with Gasteiger partial charge in [-0.3, -0.25) is 9.48 Å². The number of ether oxygens (including phenoxy) is 1. The molecule has 5 heteroatoms. The third-order valence-corrected chi connectivity index (χ3v) is 4.19. The number of morpholine rings is 1. The van der Waals surface area contributed by atoms with Crippen molar-refractivity contribution in [3.8, 4) is 0 Å². The third kappa shape index (κ3) is 3.77. The molecular weight excluding hydrogens is 278 g/mol. The van der Waals surface area contributed by atoms with E-state index in [0.29, 0.717) is 26.1 Å². The molecule has 0 aromatic carbocycles. The average molecular weight is 305 g/mol. The molecule has 0 N–H and O–H groups in total. The maximum absolute atomic E-state index is 12.4. The van der Waals surface area contributed by atoms with Crippen molar-refractivity contribution in [2.75, 3.05) is 13.1 Å². The van der Waals surface area contributed by atoms with E-state index in [1.165, 1.54) is 5.56 Å². The lowest BCUT2D eigenvalue weighted by Gasteiger charge is -2.35. The van der Waals surface area contributed by atoms with Crippen molar-refractivity contribution in [1.29, 1.82) is 0 Å². The standard InChI is InChI=1S/C17H27N3O2/c1-6-9-20-15(5)16(14(4)18-20)7-8-17(21)19-10-12(2)22-13(3)11-19/h6,12-13H,1,7-11H2,2-5H3/t12-,13-/m1/s1. The summed E-state index contributed by atoms with van der Waals surface area (Å²) >= 11 is 0. The summed E-state index contributed by atoms with van der Waals surface area (Å²) in [4.78, 5) is 14.4. The highest BCUT2D eigenvalue weighted by Crippen LogP contribution is 2.17. The van der Waals surface area contributed by atoms with Gasteiger partial charge >= 0.3 is 0 Å². The minimum Gasteiger partial charge on any atom is -0.372 e. The lowest BCUT2D eigenvalue weighted by atomic mass is 10.1. The van der Waals surface area contributed by atoms with Gasteiger partial charge in [-0.15, -0.1) is 6.58 Å². The highest BCUT2D eigenvalue weighted by molar-refractivity contribution is 5.76. The van der Waals surface area contributed by atoms with Crippen LogP contribution in [0.1, 0.15) is 37.2 Å². The molecule has 1 aromatic heterocycles. The van der Waals surface area contributed by atoms with Crippen LogP contribution in [0.5, 0.6) is 0 Å². The molecule has 5 nitrogen and oxygen atoms in total. The number of aromatic nitrogens is 2. The Kier molecular flexibility index (Phi) is 5.40. The molecular formula is C17H27N3O2. The Balaban J connectivity index is 1.98. The van der Waals surface area contributed by atoms with E-state index in [2.05, 4.69) is 18.6 Å². The summed E-state index contributed by atoms with van der Waals surface area (Å²) in [5.41, 5.74) is 3.33. The first kappa shape index (κ1) is 16.7. The minimum absolute atomic E-state index is 0.117. The third-order valence-electron chi connectivity index (χ3n) is 4.19. The molecule has 2 atom stereocenters. The molecule has 0 spiro atoms. The fourth-order valence-corrected chi connectivity index (χ4v) is 3.17. The van der Waals surface area contributed by atoms with Gasteiger partial charge in [0.15, 0.2) is 0 Å². The average Bonchev–Trinajstić information content (AvgIpc) is 2.70. The molecule has 1 aromatic rings. The number of amides is 1. The predicted octanol–water partition coefficient (Wildman–Crippen LogP) is 2.25. The Bertz CT molecular complexity index is 540. The Hall–Kier alpha value is -1.62. The van der Waals surface area contributed by atoms with Crippen LogP contribution in [0.15, 0.2) is 12.7 Å². The molecule has 1 saturated heterocycles. The summed E-state index contributed by atoms with van der Waals surface area (Å²) in [6.07, 6.45) is 3.34. The van der Waals surface area contributed by atoms with Gasteiger partial charge in [-0.25, -0.2) is 0 Å². The van der Waals surface area contributed by atoms with Crippen molar-refractivity contribution in [2.24, 2.45) is 0 Å². The maximum Gasteiger partial charge on any atom is 0.223 e. The zero-order chi connectivity index (χ0) is 16.3. The highest BCUT2D eigenvalue weighted by atomic mass is 16.5. The fraction of sp³-hybridized carbons (Fsp3) is 0.647. The van der Waals surface area contributed by atoms with Crippen LogP contribution in [-0.2, 0) is 22.5 Å². The van der Waals surface area contributed by atoms with Crippen molar-refractivity contribution in [2.45, 2.75) is 59.3 Å². The second-order valence-electron chi connectivity index (χ2n) is 6.18. The van der Waals surface area contributed by atoms with Crippen LogP contribution < -0.4 is 0 Å². The van der Waals surface area contributed by atoms with Gasteiger partial charge in [-0.2, -0.15) is 5.10 Å². The number of allylic oxidation sites excluding steroid dienone is 1. The number of hydrogen-bond acceptors (Lipinski definition) is 3. The maximum atomic E-state index is 12.4. The van der Waals surface area contributed by atoms with Crippen LogP contribution >= 0.6 is 0 Å². The quantitative estimate of drug-likeness (QED) is 0.784. The molecule has 22 heavy (non-hydrogen) atoms. The zero-order valence-electron chi connectivity index (χ0n) is 14.1. The molecule has 2 heterocycles. The Morgan fingerprint density at radius 1 is 1.36 bits per heavy atom. The Labute approximate surface area is 132 Å². The van der Waals surface area contributed by atoms with Gasteiger partial charge in [0.25, 0.3) is 0 Å². The van der Waals surface area contributed by atoms with E-state index in [9.17, 15) is 4.79 Å². The van der Waals surface area contributed by atoms with Crippen LogP contribution in [-0.4, -0.2) is 45.9 Å². The van der Waals surface area contributed by atoms with Crippen molar-refractivity contribution >= 4 is 5.91 Å². The van der Waals surface area contributed by atoms with Gasteiger partial charge in [-0.1, -0.05) is 6.08 Å². The summed E-state index contributed by atoms with van der Waals surface area (Å²) in [6.45, 7) is 13.9. The second-order valence-corrected chi connectivity index (χ2v) is 6.18. The van der Waals surface area contributed by atoms with Crippen molar-refractivity contribution in [3.63, 3.8) is 0 Å². The second kappa shape index (κ2) is 7.09. The van der Waals surface area contributed by atoms with Crippen molar-refractivity contribution in [1.82, 2.24) is 14.7 Å². The van der Waals surface area contributed by atoms with E-state index < -0.39 is 0 Å². The van der Waals surface area contributed by atoms with Crippen LogP contribution in [0, 0.1) is 13.8 Å². The van der Waals surface area contributed by atoms with Gasteiger partial charge in [0.05, 0.1) is 24.4 Å². The van der Waals surface area contributed by atoms with Crippen LogP contribution in [0.2, 0.25) is 0 Å². The SMILES string of the molecule is C=CCn1nc(C)c(CCC(=O)N2C[C@@H](C)O[C@H](C)C2)c1C. The zero-order valence-corrected chi connectivity index (χ0v) is 14.1. The Morgan fingerprint density at radius 2 is 2.00 bits per heavy atom. The van der Waals surface area contributed by atoms with Crippen molar-refractivity contribution < 1.29 is 9.53 Å². The molecule has 1 fully saturated rings. The Morgan fingerprint density at radius 3 is 2.59 bits per heavy atom. The van der Waals surface area contributed by atoms with Gasteiger partial charge in [-0.05, 0) is 39.7 Å². The van der Waals surface area contributed by atoms with Crippen molar-refractivity contribution in [3.05, 3.63) is 29.6 Å². The van der Waals surface area contributed by atoms with Crippen LogP contribution in [0.3, 0.4) is 0 Å². The number of rotatable bonds is 5. The molecule has 1 aliphatic heterocycles. The monoisotopic (exact) mass is 305 g/mol. The summed E-state index contributed by atoms with van der Waals surface area (Å²) in [7, 11) is 0. The first-order valence-electron chi connectivity index (χ1n) is 7.99. The lowest BCUT2D eigenvalue weighted by Crippen LogP contribution is -2.48. The van der Waals surface area contributed by atoms with E-state index in [1.54, 1.807) is 0 Å². The molecule has 0 aliphatic carbocycles. The summed E-state index contributed by atoms with van der Waals surface area (Å²) in [6, 6.07) is 0. The summed E-state index contributed by atoms with van der Waals surface area (Å²) in [5, 5.41) is 4.51. The molecule has 2 rings (SSSR count). The highest BCUT2D eigenvalue weighted by Gasteiger charge is 2.25. The van der Waals surface area contributed by atoms with Gasteiger partial charge in [0.1, 0.15) is 0 Å². The first-order chi connectivity index (χ1) is 10.4. The van der Waals surface area contributed by atoms with E-state index in [0.717, 1.165) is 17.8 Å². The normalized spacial score (nSPS) is 21.9. The fourth-order valence-electron chi connectivity index (χ4n) is 3.17. The van der Waals surface area contributed by atoms with Gasteiger partial charge < -0.3 is 9.64 Å². The topological polar surface area (TPSA) is 47.4 Å². The molecule has 0 unspecified atom stereocenters. The van der Waals surface area contributed by atoms with Crippen LogP contribution in [0.25, 0.3) is 0 Å². The molecule has 0 saturated carbocycles. The number of aryl methyl sites for hydroxylation is 1. The van der Waals surface area contributed by atoms with Gasteiger partial charge in [0.2, 0.25) is 5.91 Å².